The van der Waals surface area contributed by atoms with Gasteiger partial charge in [0, 0.05) is 45.5 Å². The lowest BCUT2D eigenvalue weighted by atomic mass is 10.2. The summed E-state index contributed by atoms with van der Waals surface area (Å²) in [6, 6.07) is 2.01. The maximum Gasteiger partial charge on any atom is 0.266 e. The van der Waals surface area contributed by atoms with E-state index in [1.54, 1.807) is 11.1 Å². The van der Waals surface area contributed by atoms with Gasteiger partial charge in [0.2, 0.25) is 0 Å². The number of rotatable bonds is 4. The van der Waals surface area contributed by atoms with Gasteiger partial charge >= 0.3 is 0 Å². The molecule has 17 heavy (non-hydrogen) atoms. The van der Waals surface area contributed by atoms with E-state index in [0.29, 0.717) is 13.1 Å². The Morgan fingerprint density at radius 1 is 1.41 bits per heavy atom. The van der Waals surface area contributed by atoms with Gasteiger partial charge < -0.3 is 15.1 Å². The third-order valence-corrected chi connectivity index (χ3v) is 2.88. The van der Waals surface area contributed by atoms with Crippen molar-refractivity contribution in [2.45, 2.75) is 13.8 Å². The van der Waals surface area contributed by atoms with Crippen LogP contribution in [-0.2, 0) is 4.79 Å². The van der Waals surface area contributed by atoms with Crippen LogP contribution < -0.4 is 5.32 Å². The molecule has 0 aromatic rings. The zero-order valence-electron chi connectivity index (χ0n) is 10.6. The van der Waals surface area contributed by atoms with Gasteiger partial charge in [-0.2, -0.15) is 5.26 Å². The highest BCUT2D eigenvalue weighted by Crippen LogP contribution is 2.04. The first kappa shape index (κ1) is 13.5. The maximum atomic E-state index is 12.1. The van der Waals surface area contributed by atoms with E-state index >= 15 is 0 Å². The number of nitrogens with zero attached hydrogens (tertiary/aromatic N) is 3. The van der Waals surface area contributed by atoms with Crippen LogP contribution in [0.2, 0.25) is 0 Å². The molecule has 5 nitrogen and oxygen atoms in total. The number of carbonyl (C=O) groups is 1. The second-order valence-corrected chi connectivity index (χ2v) is 3.92. The number of amides is 1. The van der Waals surface area contributed by atoms with Crippen molar-refractivity contribution in [1.82, 2.24) is 15.1 Å². The van der Waals surface area contributed by atoms with E-state index < -0.39 is 0 Å². The summed E-state index contributed by atoms with van der Waals surface area (Å²) in [7, 11) is 0. The van der Waals surface area contributed by atoms with Crippen LogP contribution in [0.5, 0.6) is 0 Å². The number of hydrogen-bond acceptors (Lipinski definition) is 4. The molecular weight excluding hydrogens is 216 g/mol. The molecule has 0 radical (unpaired) electrons. The van der Waals surface area contributed by atoms with Crippen LogP contribution in [0.4, 0.5) is 0 Å². The average molecular weight is 236 g/mol. The molecule has 1 N–H and O–H groups in total. The van der Waals surface area contributed by atoms with Crippen molar-refractivity contribution in [3.05, 3.63) is 11.8 Å². The molecule has 0 aliphatic carbocycles. The summed E-state index contributed by atoms with van der Waals surface area (Å²) in [5.74, 6) is -0.152. The minimum Gasteiger partial charge on any atom is -0.377 e. The van der Waals surface area contributed by atoms with Crippen LogP contribution in [0, 0.1) is 11.3 Å². The smallest absolute Gasteiger partial charge is 0.266 e. The molecule has 1 aliphatic rings. The molecule has 0 unspecified atom stereocenters. The van der Waals surface area contributed by atoms with Gasteiger partial charge in [-0.15, -0.1) is 0 Å². The number of nitriles is 1. The Kier molecular flexibility index (Phi) is 5.50. The lowest BCUT2D eigenvalue weighted by molar-refractivity contribution is -0.127. The first-order valence-corrected chi connectivity index (χ1v) is 6.08. The summed E-state index contributed by atoms with van der Waals surface area (Å²) in [6.07, 6.45) is 1.67. The highest BCUT2D eigenvalue weighted by atomic mass is 16.2. The normalized spacial score (nSPS) is 16.5. The van der Waals surface area contributed by atoms with Gasteiger partial charge in [0.15, 0.2) is 0 Å². The zero-order chi connectivity index (χ0) is 12.7. The Hall–Kier alpha value is -1.54. The summed E-state index contributed by atoms with van der Waals surface area (Å²) in [4.78, 5) is 15.8. The molecule has 1 heterocycles. The van der Waals surface area contributed by atoms with Gasteiger partial charge in [0.05, 0.1) is 0 Å². The van der Waals surface area contributed by atoms with E-state index in [9.17, 15) is 4.79 Å². The van der Waals surface area contributed by atoms with Crippen molar-refractivity contribution in [3.8, 4) is 6.07 Å². The second kappa shape index (κ2) is 6.92. The molecule has 5 heteroatoms. The highest BCUT2D eigenvalue weighted by molar-refractivity contribution is 5.97. The molecule has 0 atom stereocenters. The standard InChI is InChI=1S/C12H20N4O/c1-3-15(4-2)10-11(9-13)12(17)16-7-5-14-6-8-16/h10,14H,3-8H2,1-2H3/b11-10-. The second-order valence-electron chi connectivity index (χ2n) is 3.92. The van der Waals surface area contributed by atoms with Gasteiger partial charge in [-0.1, -0.05) is 0 Å². The van der Waals surface area contributed by atoms with Crippen LogP contribution in [0.3, 0.4) is 0 Å². The lowest BCUT2D eigenvalue weighted by Gasteiger charge is -2.27. The molecule has 1 aliphatic heterocycles. The summed E-state index contributed by atoms with van der Waals surface area (Å²) < 4.78 is 0. The maximum absolute atomic E-state index is 12.1. The minimum atomic E-state index is -0.152. The van der Waals surface area contributed by atoms with E-state index in [1.807, 2.05) is 24.8 Å². The van der Waals surface area contributed by atoms with Crippen LogP contribution in [-0.4, -0.2) is 55.0 Å². The third-order valence-electron chi connectivity index (χ3n) is 2.88. The molecule has 1 fully saturated rings. The van der Waals surface area contributed by atoms with Crippen LogP contribution in [0.1, 0.15) is 13.8 Å². The van der Waals surface area contributed by atoms with Gasteiger partial charge in [-0.3, -0.25) is 4.79 Å². The fourth-order valence-electron chi connectivity index (χ4n) is 1.76. The Morgan fingerprint density at radius 3 is 2.47 bits per heavy atom. The SMILES string of the molecule is CCN(/C=C(/C#N)C(=O)N1CCNCC1)CC. The number of piperazine rings is 1. The first-order valence-electron chi connectivity index (χ1n) is 6.08. The summed E-state index contributed by atoms with van der Waals surface area (Å²) >= 11 is 0. The van der Waals surface area contributed by atoms with Gasteiger partial charge in [-0.25, -0.2) is 0 Å². The van der Waals surface area contributed by atoms with Crippen molar-refractivity contribution in [1.29, 1.82) is 5.26 Å². The fraction of sp³-hybridized carbons (Fsp3) is 0.667. The molecule has 94 valence electrons. The van der Waals surface area contributed by atoms with Gasteiger partial charge in [0.25, 0.3) is 5.91 Å². The molecule has 1 amide bonds. The minimum absolute atomic E-state index is 0.152. The predicted octanol–water partition coefficient (Wildman–Crippen LogP) is 0.167. The van der Waals surface area contributed by atoms with E-state index in [2.05, 4.69) is 5.32 Å². The monoisotopic (exact) mass is 236 g/mol. The Balaban J connectivity index is 2.72. The lowest BCUT2D eigenvalue weighted by Crippen LogP contribution is -2.47. The molecule has 1 rings (SSSR count). The Morgan fingerprint density at radius 2 is 2.00 bits per heavy atom. The fourth-order valence-corrected chi connectivity index (χ4v) is 1.76. The largest absolute Gasteiger partial charge is 0.377 e. The van der Waals surface area contributed by atoms with Crippen LogP contribution in [0.25, 0.3) is 0 Å². The van der Waals surface area contributed by atoms with E-state index in [4.69, 9.17) is 5.26 Å². The Labute approximate surface area is 103 Å². The van der Waals surface area contributed by atoms with Crippen molar-refractivity contribution < 1.29 is 4.79 Å². The topological polar surface area (TPSA) is 59.4 Å². The van der Waals surface area contributed by atoms with Crippen molar-refractivity contribution >= 4 is 5.91 Å². The number of hydrogen-bond donors (Lipinski definition) is 1. The van der Waals surface area contributed by atoms with Gasteiger partial charge in [0.1, 0.15) is 11.6 Å². The number of carbonyl (C=O) groups excluding carboxylic acids is 1. The predicted molar refractivity (Wildman–Crippen MR) is 66.1 cm³/mol. The highest BCUT2D eigenvalue weighted by Gasteiger charge is 2.20. The van der Waals surface area contributed by atoms with Crippen molar-refractivity contribution in [2.75, 3.05) is 39.3 Å². The average Bonchev–Trinajstić information content (AvgIpc) is 2.40. The molecule has 0 aromatic heterocycles. The summed E-state index contributed by atoms with van der Waals surface area (Å²) in [5.41, 5.74) is 0.232. The van der Waals surface area contributed by atoms with Crippen LogP contribution in [0.15, 0.2) is 11.8 Å². The first-order chi connectivity index (χ1) is 8.22. The van der Waals surface area contributed by atoms with Crippen molar-refractivity contribution in [3.63, 3.8) is 0 Å². The molecule has 0 saturated carbocycles. The third kappa shape index (κ3) is 3.75. The molecule has 0 spiro atoms. The molecule has 0 aromatic carbocycles. The van der Waals surface area contributed by atoms with E-state index in [-0.39, 0.29) is 11.5 Å². The zero-order valence-corrected chi connectivity index (χ0v) is 10.6. The molecular formula is C12H20N4O. The van der Waals surface area contributed by atoms with E-state index in [1.165, 1.54) is 0 Å². The van der Waals surface area contributed by atoms with Gasteiger partial charge in [-0.05, 0) is 13.8 Å². The molecule has 0 bridgehead atoms. The Bertz CT molecular complexity index is 322. The van der Waals surface area contributed by atoms with Crippen molar-refractivity contribution in [2.24, 2.45) is 0 Å². The van der Waals surface area contributed by atoms with Crippen LogP contribution >= 0.6 is 0 Å². The summed E-state index contributed by atoms with van der Waals surface area (Å²) in [5, 5.41) is 12.2. The summed E-state index contributed by atoms with van der Waals surface area (Å²) in [6.45, 7) is 8.57. The molecule has 1 saturated heterocycles. The van der Waals surface area contributed by atoms with E-state index in [0.717, 1.165) is 26.2 Å². The quantitative estimate of drug-likeness (QED) is 0.558. The number of nitrogens with one attached hydrogen (secondary N) is 1.